The highest BCUT2D eigenvalue weighted by Crippen LogP contribution is 2.30. The number of nitrogens with zero attached hydrogens (tertiary/aromatic N) is 2. The van der Waals surface area contributed by atoms with E-state index in [-0.39, 0.29) is 16.0 Å². The fraction of sp³-hybridized carbons (Fsp3) is 0.389. The summed E-state index contributed by atoms with van der Waals surface area (Å²) < 4.78 is 31.6. The smallest absolute Gasteiger partial charge is 0.277 e. The SMILES string of the molecule is CCn1nc(C(=O)Nc2ccc3c(c2)CCC(=N)C3)c(Br)c1OCC(F)F. The van der Waals surface area contributed by atoms with Crippen molar-refractivity contribution in [3.05, 3.63) is 39.5 Å². The third-order valence-corrected chi connectivity index (χ3v) is 4.99. The molecule has 1 aromatic carbocycles. The standard InChI is InChI=1S/C18H19BrF2N4O2/c1-2-25-18(27-9-14(20)21)15(19)16(24-25)17(26)23-13-6-4-10-7-12(22)5-3-11(10)8-13/h4,6,8,14,22H,2-3,5,7,9H2,1H3,(H,23,26). The number of halogens is 3. The van der Waals surface area contributed by atoms with Crippen LogP contribution >= 0.6 is 15.9 Å². The van der Waals surface area contributed by atoms with Crippen molar-refractivity contribution in [2.75, 3.05) is 11.9 Å². The molecule has 27 heavy (non-hydrogen) atoms. The van der Waals surface area contributed by atoms with Crippen LogP contribution in [0.1, 0.15) is 35.0 Å². The Bertz CT molecular complexity index is 882. The van der Waals surface area contributed by atoms with Gasteiger partial charge in [-0.2, -0.15) is 5.10 Å². The summed E-state index contributed by atoms with van der Waals surface area (Å²) in [6.45, 7) is 1.37. The van der Waals surface area contributed by atoms with Crippen LogP contribution in [-0.2, 0) is 19.4 Å². The number of amides is 1. The Balaban J connectivity index is 1.79. The molecular weight excluding hydrogens is 422 g/mol. The number of aryl methyl sites for hydroxylation is 2. The predicted octanol–water partition coefficient (Wildman–Crippen LogP) is 4.07. The lowest BCUT2D eigenvalue weighted by Crippen LogP contribution is -2.16. The highest BCUT2D eigenvalue weighted by molar-refractivity contribution is 9.10. The first kappa shape index (κ1) is 19.5. The van der Waals surface area contributed by atoms with Gasteiger partial charge in [0.05, 0.1) is 0 Å². The summed E-state index contributed by atoms with van der Waals surface area (Å²) in [5, 5.41) is 14.7. The Kier molecular flexibility index (Phi) is 5.88. The number of aromatic nitrogens is 2. The highest BCUT2D eigenvalue weighted by atomic mass is 79.9. The van der Waals surface area contributed by atoms with Gasteiger partial charge in [0.1, 0.15) is 4.47 Å². The van der Waals surface area contributed by atoms with Crippen LogP contribution in [0.25, 0.3) is 0 Å². The van der Waals surface area contributed by atoms with Crippen molar-refractivity contribution in [1.82, 2.24) is 9.78 Å². The van der Waals surface area contributed by atoms with Gasteiger partial charge in [0, 0.05) is 24.4 Å². The molecule has 0 bridgehead atoms. The lowest BCUT2D eigenvalue weighted by molar-refractivity contribution is 0.0765. The zero-order chi connectivity index (χ0) is 19.6. The fourth-order valence-corrected chi connectivity index (χ4v) is 3.55. The summed E-state index contributed by atoms with van der Waals surface area (Å²) >= 11 is 3.24. The van der Waals surface area contributed by atoms with Gasteiger partial charge < -0.3 is 15.5 Å². The number of alkyl halides is 2. The normalized spacial score (nSPS) is 13.6. The van der Waals surface area contributed by atoms with Gasteiger partial charge >= 0.3 is 0 Å². The molecule has 0 unspecified atom stereocenters. The molecule has 1 heterocycles. The number of anilines is 1. The molecule has 144 valence electrons. The van der Waals surface area contributed by atoms with E-state index in [1.807, 2.05) is 12.1 Å². The molecule has 0 fully saturated rings. The second-order valence-corrected chi connectivity index (χ2v) is 7.00. The molecule has 0 radical (unpaired) electrons. The molecule has 0 aliphatic heterocycles. The van der Waals surface area contributed by atoms with E-state index >= 15 is 0 Å². The van der Waals surface area contributed by atoms with Crippen molar-refractivity contribution < 1.29 is 18.3 Å². The average Bonchev–Trinajstić information content (AvgIpc) is 2.96. The van der Waals surface area contributed by atoms with E-state index in [9.17, 15) is 13.6 Å². The molecule has 6 nitrogen and oxygen atoms in total. The summed E-state index contributed by atoms with van der Waals surface area (Å²) in [7, 11) is 0. The molecular formula is C18H19BrF2N4O2. The number of hydrogen-bond acceptors (Lipinski definition) is 4. The Morgan fingerprint density at radius 1 is 1.41 bits per heavy atom. The van der Waals surface area contributed by atoms with Crippen LogP contribution in [0.15, 0.2) is 22.7 Å². The number of ether oxygens (including phenoxy) is 1. The first-order chi connectivity index (χ1) is 12.9. The number of hydrogen-bond donors (Lipinski definition) is 2. The van der Waals surface area contributed by atoms with E-state index in [4.69, 9.17) is 10.1 Å². The van der Waals surface area contributed by atoms with Crippen LogP contribution in [0, 0.1) is 5.41 Å². The Labute approximate surface area is 163 Å². The maximum atomic E-state index is 12.6. The van der Waals surface area contributed by atoms with Gasteiger partial charge in [-0.15, -0.1) is 0 Å². The number of nitrogens with one attached hydrogen (secondary N) is 2. The fourth-order valence-electron chi connectivity index (χ4n) is 2.97. The van der Waals surface area contributed by atoms with Crippen molar-refractivity contribution in [3.63, 3.8) is 0 Å². The molecule has 1 aliphatic carbocycles. The molecule has 0 saturated heterocycles. The van der Waals surface area contributed by atoms with E-state index in [2.05, 4.69) is 26.3 Å². The lowest BCUT2D eigenvalue weighted by atomic mass is 9.90. The van der Waals surface area contributed by atoms with Gasteiger partial charge in [-0.05, 0) is 59.0 Å². The van der Waals surface area contributed by atoms with Crippen molar-refractivity contribution in [2.24, 2.45) is 0 Å². The van der Waals surface area contributed by atoms with Gasteiger partial charge in [-0.1, -0.05) is 6.07 Å². The third-order valence-electron chi connectivity index (χ3n) is 4.28. The van der Waals surface area contributed by atoms with Crippen molar-refractivity contribution in [3.8, 4) is 5.88 Å². The first-order valence-corrected chi connectivity index (χ1v) is 9.35. The number of benzene rings is 1. The molecule has 2 N–H and O–H groups in total. The second-order valence-electron chi connectivity index (χ2n) is 6.20. The lowest BCUT2D eigenvalue weighted by Gasteiger charge is -2.17. The van der Waals surface area contributed by atoms with Crippen LogP contribution in [0.3, 0.4) is 0 Å². The summed E-state index contributed by atoms with van der Waals surface area (Å²) in [6, 6.07) is 5.60. The molecule has 0 atom stereocenters. The second kappa shape index (κ2) is 8.16. The first-order valence-electron chi connectivity index (χ1n) is 8.55. The summed E-state index contributed by atoms with van der Waals surface area (Å²) in [5.41, 5.74) is 3.62. The average molecular weight is 441 g/mol. The van der Waals surface area contributed by atoms with Crippen LogP contribution in [-0.4, -0.2) is 34.4 Å². The highest BCUT2D eigenvalue weighted by Gasteiger charge is 2.23. The minimum atomic E-state index is -2.62. The van der Waals surface area contributed by atoms with Gasteiger partial charge in [-0.3, -0.25) is 4.79 Å². The van der Waals surface area contributed by atoms with Crippen LogP contribution < -0.4 is 10.1 Å². The van der Waals surface area contributed by atoms with E-state index in [1.54, 1.807) is 13.0 Å². The third kappa shape index (κ3) is 4.35. The molecule has 1 aliphatic rings. The number of rotatable bonds is 6. The van der Waals surface area contributed by atoms with Crippen LogP contribution in [0.2, 0.25) is 0 Å². The van der Waals surface area contributed by atoms with Crippen LogP contribution in [0.5, 0.6) is 5.88 Å². The van der Waals surface area contributed by atoms with Crippen molar-refractivity contribution in [1.29, 1.82) is 5.41 Å². The largest absolute Gasteiger partial charge is 0.471 e. The zero-order valence-electron chi connectivity index (χ0n) is 14.7. The Morgan fingerprint density at radius 2 is 2.19 bits per heavy atom. The maximum Gasteiger partial charge on any atom is 0.277 e. The van der Waals surface area contributed by atoms with Gasteiger partial charge in [0.2, 0.25) is 5.88 Å². The Morgan fingerprint density at radius 3 is 2.89 bits per heavy atom. The molecule has 1 aromatic heterocycles. The minimum absolute atomic E-state index is 0.0700. The summed E-state index contributed by atoms with van der Waals surface area (Å²) in [6.07, 6.45) is -0.480. The molecule has 2 aromatic rings. The molecule has 3 rings (SSSR count). The number of carbonyl (C=O) groups excluding carboxylic acids is 1. The van der Waals surface area contributed by atoms with Crippen molar-refractivity contribution in [2.45, 2.75) is 39.2 Å². The summed E-state index contributed by atoms with van der Waals surface area (Å²) in [4.78, 5) is 12.6. The Hall–Kier alpha value is -2.29. The quantitative estimate of drug-likeness (QED) is 0.710. The molecule has 1 amide bonds. The monoisotopic (exact) mass is 440 g/mol. The van der Waals surface area contributed by atoms with E-state index in [0.29, 0.717) is 24.4 Å². The van der Waals surface area contributed by atoms with E-state index < -0.39 is 18.9 Å². The topological polar surface area (TPSA) is 80.0 Å². The molecule has 0 saturated carbocycles. The number of fused-ring (bicyclic) bond motifs is 1. The van der Waals surface area contributed by atoms with Gasteiger partial charge in [-0.25, -0.2) is 13.5 Å². The zero-order valence-corrected chi connectivity index (χ0v) is 16.3. The van der Waals surface area contributed by atoms with Crippen LogP contribution in [0.4, 0.5) is 14.5 Å². The minimum Gasteiger partial charge on any atom is -0.471 e. The maximum absolute atomic E-state index is 12.6. The number of carbonyl (C=O) groups is 1. The van der Waals surface area contributed by atoms with Crippen molar-refractivity contribution >= 4 is 33.2 Å². The predicted molar refractivity (Wildman–Crippen MR) is 101 cm³/mol. The molecule has 9 heteroatoms. The van der Waals surface area contributed by atoms with E-state index in [0.717, 1.165) is 24.0 Å². The van der Waals surface area contributed by atoms with Gasteiger partial charge in [0.25, 0.3) is 12.3 Å². The molecule has 0 spiro atoms. The summed E-state index contributed by atoms with van der Waals surface area (Å²) in [5.74, 6) is -0.355. The van der Waals surface area contributed by atoms with E-state index in [1.165, 1.54) is 4.68 Å². The van der Waals surface area contributed by atoms with Gasteiger partial charge in [0.15, 0.2) is 12.3 Å².